The highest BCUT2D eigenvalue weighted by Crippen LogP contribution is 2.48. The molecule has 134 valence electrons. The van der Waals surface area contributed by atoms with E-state index in [4.69, 9.17) is 16.3 Å². The maximum absolute atomic E-state index is 13.0. The van der Waals surface area contributed by atoms with Crippen molar-refractivity contribution in [2.24, 2.45) is 5.92 Å². The number of hydrogen-bond donors (Lipinski definition) is 1. The van der Waals surface area contributed by atoms with Gasteiger partial charge in [-0.05, 0) is 63.2 Å². The highest BCUT2D eigenvalue weighted by molar-refractivity contribution is 6.31. The molecule has 3 atom stereocenters. The van der Waals surface area contributed by atoms with Crippen molar-refractivity contribution in [3.05, 3.63) is 28.3 Å². The molecule has 2 bridgehead atoms. The van der Waals surface area contributed by atoms with Crippen LogP contribution in [0, 0.1) is 5.92 Å². The van der Waals surface area contributed by atoms with Crippen molar-refractivity contribution in [3.63, 3.8) is 0 Å². The van der Waals surface area contributed by atoms with Crippen LogP contribution in [0.4, 0.5) is 0 Å². The van der Waals surface area contributed by atoms with Crippen molar-refractivity contribution in [1.29, 1.82) is 0 Å². The van der Waals surface area contributed by atoms with Gasteiger partial charge < -0.3 is 15.0 Å². The third-order valence-electron chi connectivity index (χ3n) is 6.67. The lowest BCUT2D eigenvalue weighted by molar-refractivity contribution is 0.0617. The standard InChI is InChI=1S/C20H25ClN2O2/c21-13-9-15-14-3-1-2-4-18(14)25-19(15)16(10-13)20(24)22-17-11-23-7-5-12(17)6-8-23/h9-10,12,14,17-18H,1-8,11H2,(H,22,24)/t14-,17-,18+/m1/s1. The molecule has 5 aliphatic rings. The lowest BCUT2D eigenvalue weighted by atomic mass is 9.82. The van der Waals surface area contributed by atoms with E-state index in [0.29, 0.717) is 22.4 Å². The van der Waals surface area contributed by atoms with Crippen molar-refractivity contribution in [2.45, 2.75) is 56.6 Å². The zero-order valence-electron chi connectivity index (χ0n) is 14.5. The Balaban J connectivity index is 1.41. The van der Waals surface area contributed by atoms with Crippen LogP contribution in [-0.2, 0) is 0 Å². The second kappa shape index (κ2) is 6.17. The fourth-order valence-corrected chi connectivity index (χ4v) is 5.54. The number of nitrogens with one attached hydrogen (secondary N) is 1. The van der Waals surface area contributed by atoms with Gasteiger partial charge in [0.15, 0.2) is 0 Å². The largest absolute Gasteiger partial charge is 0.489 e. The molecule has 6 rings (SSSR count). The maximum Gasteiger partial charge on any atom is 0.255 e. The first-order valence-corrected chi connectivity index (χ1v) is 10.1. The van der Waals surface area contributed by atoms with Crippen LogP contribution in [-0.4, -0.2) is 42.6 Å². The van der Waals surface area contributed by atoms with Gasteiger partial charge in [0.05, 0.1) is 5.56 Å². The smallest absolute Gasteiger partial charge is 0.255 e. The summed E-state index contributed by atoms with van der Waals surface area (Å²) in [6, 6.07) is 4.06. The molecular formula is C20H25ClN2O2. The molecule has 1 N–H and O–H groups in total. The molecular weight excluding hydrogens is 336 g/mol. The van der Waals surface area contributed by atoms with Crippen molar-refractivity contribution >= 4 is 17.5 Å². The van der Waals surface area contributed by atoms with E-state index in [1.54, 1.807) is 6.07 Å². The topological polar surface area (TPSA) is 41.6 Å². The van der Waals surface area contributed by atoms with Crippen LogP contribution in [0.15, 0.2) is 12.1 Å². The van der Waals surface area contributed by atoms with Crippen molar-refractivity contribution < 1.29 is 9.53 Å². The molecule has 4 heterocycles. The number of amides is 1. The van der Waals surface area contributed by atoms with Crippen LogP contribution in [0.5, 0.6) is 5.75 Å². The number of ether oxygens (including phenoxy) is 1. The van der Waals surface area contributed by atoms with E-state index in [9.17, 15) is 4.79 Å². The summed E-state index contributed by atoms with van der Waals surface area (Å²) in [5, 5.41) is 3.93. The number of halogens is 1. The molecule has 0 spiro atoms. The van der Waals surface area contributed by atoms with Gasteiger partial charge >= 0.3 is 0 Å². The van der Waals surface area contributed by atoms with E-state index < -0.39 is 0 Å². The summed E-state index contributed by atoms with van der Waals surface area (Å²) in [5.74, 6) is 1.80. The Morgan fingerprint density at radius 3 is 2.72 bits per heavy atom. The van der Waals surface area contributed by atoms with E-state index >= 15 is 0 Å². The molecule has 1 amide bonds. The van der Waals surface area contributed by atoms with Gasteiger partial charge in [-0.2, -0.15) is 0 Å². The van der Waals surface area contributed by atoms with Crippen molar-refractivity contribution in [2.75, 3.05) is 19.6 Å². The second-order valence-corrected chi connectivity index (χ2v) is 8.57. The van der Waals surface area contributed by atoms with Gasteiger partial charge in [0.25, 0.3) is 5.91 Å². The van der Waals surface area contributed by atoms with Crippen LogP contribution in [0.1, 0.15) is 60.4 Å². The predicted molar refractivity (Wildman–Crippen MR) is 97.5 cm³/mol. The maximum atomic E-state index is 13.0. The van der Waals surface area contributed by atoms with Gasteiger partial charge in [-0.1, -0.05) is 18.0 Å². The minimum absolute atomic E-state index is 0.0175. The van der Waals surface area contributed by atoms with Gasteiger partial charge in [0.2, 0.25) is 0 Å². The number of benzene rings is 1. The summed E-state index contributed by atoms with van der Waals surface area (Å²) in [7, 11) is 0. The number of rotatable bonds is 2. The number of hydrogen-bond acceptors (Lipinski definition) is 3. The van der Waals surface area contributed by atoms with Crippen LogP contribution in [0.3, 0.4) is 0 Å². The fourth-order valence-electron chi connectivity index (χ4n) is 5.31. The van der Waals surface area contributed by atoms with Crippen molar-refractivity contribution in [3.8, 4) is 5.75 Å². The zero-order valence-corrected chi connectivity index (χ0v) is 15.2. The van der Waals surface area contributed by atoms with Gasteiger partial charge in [-0.25, -0.2) is 0 Å². The van der Waals surface area contributed by atoms with Crippen molar-refractivity contribution in [1.82, 2.24) is 10.2 Å². The summed E-state index contributed by atoms with van der Waals surface area (Å²) < 4.78 is 6.24. The Hall–Kier alpha value is -1.26. The summed E-state index contributed by atoms with van der Waals surface area (Å²) >= 11 is 6.37. The summed E-state index contributed by atoms with van der Waals surface area (Å²) in [5.41, 5.74) is 1.78. The number of carbonyl (C=O) groups excluding carboxylic acids is 1. The molecule has 1 aliphatic carbocycles. The quantitative estimate of drug-likeness (QED) is 0.876. The Labute approximate surface area is 153 Å². The number of piperidine rings is 3. The second-order valence-electron chi connectivity index (χ2n) is 8.14. The first-order chi connectivity index (χ1) is 12.2. The van der Waals surface area contributed by atoms with Gasteiger partial charge in [0.1, 0.15) is 11.9 Å². The van der Waals surface area contributed by atoms with E-state index in [1.807, 2.05) is 6.07 Å². The zero-order chi connectivity index (χ0) is 17.0. The first kappa shape index (κ1) is 16.0. The Kier molecular flexibility index (Phi) is 3.94. The van der Waals surface area contributed by atoms with Crippen LogP contribution >= 0.6 is 11.6 Å². The van der Waals surface area contributed by atoms with E-state index in [2.05, 4.69) is 10.2 Å². The van der Waals surface area contributed by atoms with Crippen LogP contribution in [0.2, 0.25) is 5.02 Å². The Morgan fingerprint density at radius 2 is 1.96 bits per heavy atom. The molecule has 4 aliphatic heterocycles. The average molecular weight is 361 g/mol. The molecule has 0 aromatic heterocycles. The SMILES string of the molecule is O=C(N[C@@H]1CN2CCC1CC2)c1cc(Cl)cc2c1O[C@H]1CCCC[C@H]21. The van der Waals surface area contributed by atoms with E-state index in [1.165, 1.54) is 38.8 Å². The van der Waals surface area contributed by atoms with Gasteiger partial charge in [-0.15, -0.1) is 0 Å². The normalized spacial score (nSPS) is 35.6. The number of nitrogens with zero attached hydrogens (tertiary/aromatic N) is 1. The highest BCUT2D eigenvalue weighted by atomic mass is 35.5. The van der Waals surface area contributed by atoms with Crippen LogP contribution < -0.4 is 10.1 Å². The molecule has 5 heteroatoms. The fraction of sp³-hybridized carbons (Fsp3) is 0.650. The highest BCUT2D eigenvalue weighted by Gasteiger charge is 2.40. The Morgan fingerprint density at radius 1 is 1.16 bits per heavy atom. The van der Waals surface area contributed by atoms with E-state index in [0.717, 1.165) is 30.7 Å². The third-order valence-corrected chi connectivity index (χ3v) is 6.89. The summed E-state index contributed by atoms with van der Waals surface area (Å²) in [6.45, 7) is 3.33. The van der Waals surface area contributed by atoms with E-state index in [-0.39, 0.29) is 18.1 Å². The predicted octanol–water partition coefficient (Wildman–Crippen LogP) is 3.58. The molecule has 1 aromatic rings. The number of fused-ring (bicyclic) bond motifs is 6. The van der Waals surface area contributed by atoms with Gasteiger partial charge in [0, 0.05) is 29.1 Å². The minimum atomic E-state index is -0.0175. The lowest BCUT2D eigenvalue weighted by Crippen LogP contribution is -2.57. The molecule has 0 unspecified atom stereocenters. The molecule has 3 saturated heterocycles. The summed E-state index contributed by atoms with van der Waals surface area (Å²) in [6.07, 6.45) is 7.28. The van der Waals surface area contributed by atoms with Gasteiger partial charge in [-0.3, -0.25) is 4.79 Å². The molecule has 25 heavy (non-hydrogen) atoms. The molecule has 1 saturated carbocycles. The monoisotopic (exact) mass is 360 g/mol. The minimum Gasteiger partial charge on any atom is -0.489 e. The third kappa shape index (κ3) is 2.74. The lowest BCUT2D eigenvalue weighted by Gasteiger charge is -2.44. The molecule has 0 radical (unpaired) electrons. The molecule has 1 aromatic carbocycles. The molecule has 4 nitrogen and oxygen atoms in total. The molecule has 4 fully saturated rings. The van der Waals surface area contributed by atoms with Crippen LogP contribution in [0.25, 0.3) is 0 Å². The number of carbonyl (C=O) groups is 1. The Bertz CT molecular complexity index is 699. The summed E-state index contributed by atoms with van der Waals surface area (Å²) in [4.78, 5) is 15.5. The first-order valence-electron chi connectivity index (χ1n) is 9.72. The average Bonchev–Trinajstić information content (AvgIpc) is 3.00.